The quantitative estimate of drug-likeness (QED) is 0.604. The number of hydrazone groups is 1. The van der Waals surface area contributed by atoms with Gasteiger partial charge in [-0.2, -0.15) is 5.10 Å². The number of rotatable bonds is 5. The molecule has 2 N–H and O–H groups in total. The molecular weight excluding hydrogens is 278 g/mol. The minimum Gasteiger partial charge on any atom is -0.356 e. The predicted octanol–water partition coefficient (Wildman–Crippen LogP) is 2.22. The van der Waals surface area contributed by atoms with Crippen LogP contribution in [0.5, 0.6) is 0 Å². The van der Waals surface area contributed by atoms with Crippen LogP contribution in [0.3, 0.4) is 0 Å². The van der Waals surface area contributed by atoms with E-state index in [4.69, 9.17) is 0 Å². The first kappa shape index (κ1) is 15.5. The minimum atomic E-state index is -0.176. The lowest BCUT2D eigenvalue weighted by Gasteiger charge is -2.55. The van der Waals surface area contributed by atoms with Gasteiger partial charge in [0.15, 0.2) is 0 Å². The van der Waals surface area contributed by atoms with E-state index >= 15 is 0 Å². The van der Waals surface area contributed by atoms with Crippen LogP contribution in [0.15, 0.2) is 5.10 Å². The second kappa shape index (κ2) is 6.01. The van der Waals surface area contributed by atoms with Crippen molar-refractivity contribution in [2.24, 2.45) is 28.3 Å². The van der Waals surface area contributed by atoms with Crippen LogP contribution in [0.25, 0.3) is 0 Å². The molecule has 0 aromatic carbocycles. The van der Waals surface area contributed by atoms with Gasteiger partial charge in [0.25, 0.3) is 0 Å². The monoisotopic (exact) mass is 305 g/mol. The average Bonchev–Trinajstić information content (AvgIpc) is 2.43. The van der Waals surface area contributed by atoms with Gasteiger partial charge >= 0.3 is 0 Å². The number of hydrogen-bond acceptors (Lipinski definition) is 3. The summed E-state index contributed by atoms with van der Waals surface area (Å²) in [6.45, 7) is 4.29. The topological polar surface area (TPSA) is 70.6 Å². The fourth-order valence-corrected chi connectivity index (χ4v) is 5.19. The lowest BCUT2D eigenvalue weighted by atomic mass is 9.49. The van der Waals surface area contributed by atoms with E-state index in [1.807, 2.05) is 6.92 Å². The van der Waals surface area contributed by atoms with Gasteiger partial charge in [-0.25, -0.2) is 5.43 Å². The van der Waals surface area contributed by atoms with Gasteiger partial charge in [0, 0.05) is 12.3 Å². The number of carbonyl (C=O) groups excluding carboxylic acids is 2. The van der Waals surface area contributed by atoms with E-state index in [2.05, 4.69) is 15.8 Å². The van der Waals surface area contributed by atoms with Crippen molar-refractivity contribution in [1.29, 1.82) is 0 Å². The Morgan fingerprint density at radius 1 is 1.09 bits per heavy atom. The van der Waals surface area contributed by atoms with Gasteiger partial charge in [-0.1, -0.05) is 0 Å². The summed E-state index contributed by atoms with van der Waals surface area (Å²) in [5.74, 6) is 2.28. The molecule has 0 unspecified atom stereocenters. The largest absolute Gasteiger partial charge is 0.356 e. The fourth-order valence-electron chi connectivity index (χ4n) is 5.19. The third-order valence-electron chi connectivity index (χ3n) is 5.66. The number of amides is 2. The second-order valence-electron chi connectivity index (χ2n) is 7.62. The highest BCUT2D eigenvalue weighted by atomic mass is 16.2. The van der Waals surface area contributed by atoms with Crippen molar-refractivity contribution in [3.05, 3.63) is 0 Å². The molecule has 0 aliphatic heterocycles. The van der Waals surface area contributed by atoms with Crippen molar-refractivity contribution in [3.63, 3.8) is 0 Å². The van der Waals surface area contributed by atoms with E-state index in [0.29, 0.717) is 12.3 Å². The number of carbonyl (C=O) groups is 2. The molecule has 4 bridgehead atoms. The van der Waals surface area contributed by atoms with Crippen LogP contribution in [-0.2, 0) is 9.59 Å². The predicted molar refractivity (Wildman–Crippen MR) is 85.2 cm³/mol. The molecular formula is C17H27N3O2. The molecule has 4 aliphatic rings. The lowest BCUT2D eigenvalue weighted by molar-refractivity contribution is -0.146. The summed E-state index contributed by atoms with van der Waals surface area (Å²) in [6.07, 6.45) is 7.33. The van der Waals surface area contributed by atoms with Gasteiger partial charge < -0.3 is 5.32 Å². The van der Waals surface area contributed by atoms with Crippen molar-refractivity contribution in [2.75, 3.05) is 6.54 Å². The summed E-state index contributed by atoms with van der Waals surface area (Å²) in [5.41, 5.74) is 3.24. The van der Waals surface area contributed by atoms with E-state index in [0.717, 1.165) is 37.0 Å². The number of nitrogens with zero attached hydrogens (tertiary/aromatic N) is 1. The molecule has 0 aromatic rings. The van der Waals surface area contributed by atoms with Crippen LogP contribution in [0.2, 0.25) is 0 Å². The zero-order valence-electron chi connectivity index (χ0n) is 13.7. The summed E-state index contributed by atoms with van der Waals surface area (Å²) < 4.78 is 0. The van der Waals surface area contributed by atoms with Crippen LogP contribution < -0.4 is 10.7 Å². The Morgan fingerprint density at radius 3 is 2.14 bits per heavy atom. The van der Waals surface area contributed by atoms with Crippen molar-refractivity contribution in [3.8, 4) is 0 Å². The fraction of sp³-hybridized carbons (Fsp3) is 0.824. The molecule has 0 heterocycles. The van der Waals surface area contributed by atoms with Gasteiger partial charge in [-0.15, -0.1) is 0 Å². The molecule has 0 atom stereocenters. The molecule has 4 rings (SSSR count). The van der Waals surface area contributed by atoms with Crippen molar-refractivity contribution >= 4 is 17.5 Å². The third kappa shape index (κ3) is 3.03. The first-order chi connectivity index (χ1) is 10.5. The highest BCUT2D eigenvalue weighted by Crippen LogP contribution is 2.60. The molecule has 22 heavy (non-hydrogen) atoms. The molecule has 5 heteroatoms. The van der Waals surface area contributed by atoms with Crippen molar-refractivity contribution in [1.82, 2.24) is 10.7 Å². The first-order valence-corrected chi connectivity index (χ1v) is 8.61. The smallest absolute Gasteiger partial charge is 0.246 e. The van der Waals surface area contributed by atoms with Crippen LogP contribution in [0, 0.1) is 23.2 Å². The molecule has 122 valence electrons. The zero-order valence-corrected chi connectivity index (χ0v) is 13.7. The third-order valence-corrected chi connectivity index (χ3v) is 5.66. The average molecular weight is 305 g/mol. The summed E-state index contributed by atoms with van der Waals surface area (Å²) in [5, 5.41) is 6.90. The highest BCUT2D eigenvalue weighted by molar-refractivity contribution is 6.00. The normalized spacial score (nSPS) is 36.3. The van der Waals surface area contributed by atoms with E-state index in [1.54, 1.807) is 6.92 Å². The Balaban J connectivity index is 1.59. The SMILES string of the molecule is CCNC(=O)C/C(C)=N\NC(=O)C12CC3CC(CC(C3)C1)C2. The molecule has 4 saturated carbocycles. The summed E-state index contributed by atoms with van der Waals surface area (Å²) >= 11 is 0. The summed E-state index contributed by atoms with van der Waals surface area (Å²) in [4.78, 5) is 24.2. The van der Waals surface area contributed by atoms with Gasteiger partial charge in [0.2, 0.25) is 11.8 Å². The zero-order chi connectivity index (χ0) is 15.7. The molecule has 2 amide bonds. The standard InChI is InChI=1S/C17H27N3O2/c1-3-18-15(21)4-11(2)19-20-16(22)17-8-12-5-13(9-17)7-14(6-12)10-17/h12-14H,3-10H2,1-2H3,(H,18,21)(H,20,22)/b19-11-. The Kier molecular flexibility index (Phi) is 4.24. The van der Waals surface area contributed by atoms with E-state index in [-0.39, 0.29) is 23.7 Å². The van der Waals surface area contributed by atoms with E-state index in [1.165, 1.54) is 19.3 Å². The van der Waals surface area contributed by atoms with Gasteiger partial charge in [-0.3, -0.25) is 9.59 Å². The van der Waals surface area contributed by atoms with E-state index < -0.39 is 0 Å². The molecule has 5 nitrogen and oxygen atoms in total. The molecule has 4 fully saturated rings. The Bertz CT molecular complexity index is 463. The summed E-state index contributed by atoms with van der Waals surface area (Å²) in [7, 11) is 0. The van der Waals surface area contributed by atoms with Gasteiger partial charge in [-0.05, 0) is 70.1 Å². The minimum absolute atomic E-state index is 0.0483. The Labute approximate surface area is 132 Å². The maximum atomic E-state index is 12.7. The Hall–Kier alpha value is -1.39. The van der Waals surface area contributed by atoms with Crippen LogP contribution in [0.4, 0.5) is 0 Å². The Morgan fingerprint density at radius 2 is 1.64 bits per heavy atom. The van der Waals surface area contributed by atoms with Gasteiger partial charge in [0.1, 0.15) is 0 Å². The number of hydrogen-bond donors (Lipinski definition) is 2. The summed E-state index contributed by atoms with van der Waals surface area (Å²) in [6, 6.07) is 0. The lowest BCUT2D eigenvalue weighted by Crippen LogP contribution is -2.52. The molecule has 0 radical (unpaired) electrons. The maximum absolute atomic E-state index is 12.7. The van der Waals surface area contributed by atoms with E-state index in [9.17, 15) is 9.59 Å². The van der Waals surface area contributed by atoms with Crippen molar-refractivity contribution < 1.29 is 9.59 Å². The van der Waals surface area contributed by atoms with Crippen LogP contribution >= 0.6 is 0 Å². The number of nitrogens with one attached hydrogen (secondary N) is 2. The maximum Gasteiger partial charge on any atom is 0.246 e. The van der Waals surface area contributed by atoms with Crippen molar-refractivity contribution in [2.45, 2.75) is 58.8 Å². The second-order valence-corrected chi connectivity index (χ2v) is 7.62. The molecule has 4 aliphatic carbocycles. The first-order valence-electron chi connectivity index (χ1n) is 8.61. The van der Waals surface area contributed by atoms with Crippen LogP contribution in [-0.4, -0.2) is 24.1 Å². The van der Waals surface area contributed by atoms with Crippen LogP contribution in [0.1, 0.15) is 58.8 Å². The molecule has 0 saturated heterocycles. The highest BCUT2D eigenvalue weighted by Gasteiger charge is 2.54. The molecule has 0 spiro atoms. The molecule has 0 aromatic heterocycles. The van der Waals surface area contributed by atoms with Gasteiger partial charge in [0.05, 0.1) is 11.8 Å².